The molecule has 0 aromatic carbocycles. The van der Waals surface area contributed by atoms with Crippen LogP contribution in [0.1, 0.15) is 11.1 Å². The topological polar surface area (TPSA) is 81.5 Å². The Balaban J connectivity index is 2.91. The van der Waals surface area contributed by atoms with Crippen LogP contribution in [0, 0.1) is 11.3 Å². The second-order valence-corrected chi connectivity index (χ2v) is 3.26. The van der Waals surface area contributed by atoms with Crippen LogP contribution >= 0.6 is 0 Å². The molecule has 2 N–H and O–H groups in total. The summed E-state index contributed by atoms with van der Waals surface area (Å²) in [6.07, 6.45) is 3.25. The number of fused-ring (bicyclic) bond motifs is 1. The second kappa shape index (κ2) is 3.59. The van der Waals surface area contributed by atoms with Crippen molar-refractivity contribution < 1.29 is 10.2 Å². The fourth-order valence-electron chi connectivity index (χ4n) is 1.61. The molecule has 2 rings (SSSR count). The number of aromatic nitrogens is 2. The van der Waals surface area contributed by atoms with E-state index in [0.29, 0.717) is 5.52 Å². The molecule has 0 saturated carbocycles. The number of rotatable bonds is 2. The summed E-state index contributed by atoms with van der Waals surface area (Å²) in [5, 5.41) is 32.5. The van der Waals surface area contributed by atoms with E-state index in [1.807, 2.05) is 6.07 Å². The van der Waals surface area contributed by atoms with Gasteiger partial charge < -0.3 is 10.2 Å². The van der Waals surface area contributed by atoms with E-state index < -0.39 is 0 Å². The van der Waals surface area contributed by atoms with E-state index in [1.54, 1.807) is 6.07 Å². The van der Waals surface area contributed by atoms with Gasteiger partial charge in [0.15, 0.2) is 0 Å². The molecule has 0 radical (unpaired) electrons. The van der Waals surface area contributed by atoms with E-state index in [0.717, 1.165) is 0 Å². The van der Waals surface area contributed by atoms with Crippen LogP contribution in [0.15, 0.2) is 24.9 Å². The molecule has 0 spiro atoms. The quantitative estimate of drug-likeness (QED) is 0.741. The smallest absolute Gasteiger partial charge is 0.219 e. The van der Waals surface area contributed by atoms with Gasteiger partial charge in [-0.15, -0.1) is 6.58 Å². The Labute approximate surface area is 91.5 Å². The number of pyridine rings is 1. The van der Waals surface area contributed by atoms with Crippen molar-refractivity contribution in [2.75, 3.05) is 0 Å². The van der Waals surface area contributed by atoms with Gasteiger partial charge >= 0.3 is 0 Å². The van der Waals surface area contributed by atoms with Crippen molar-refractivity contribution >= 4 is 5.52 Å². The molecular weight excluding hydrogens is 206 g/mol. The highest BCUT2D eigenvalue weighted by molar-refractivity contribution is 5.70. The molecule has 16 heavy (non-hydrogen) atoms. The summed E-state index contributed by atoms with van der Waals surface area (Å²) in [6, 6.07) is 3.45. The summed E-state index contributed by atoms with van der Waals surface area (Å²) in [7, 11) is 0. The summed E-state index contributed by atoms with van der Waals surface area (Å²) >= 11 is 0. The van der Waals surface area contributed by atoms with Crippen molar-refractivity contribution in [3.8, 4) is 17.7 Å². The number of aromatic hydroxyl groups is 2. The van der Waals surface area contributed by atoms with Crippen molar-refractivity contribution in [1.29, 1.82) is 5.26 Å². The maximum atomic E-state index is 9.85. The van der Waals surface area contributed by atoms with Crippen molar-refractivity contribution in [1.82, 2.24) is 9.61 Å². The molecule has 0 aliphatic rings. The Morgan fingerprint density at radius 3 is 2.94 bits per heavy atom. The number of allylic oxidation sites excluding steroid dienone is 1. The lowest BCUT2D eigenvalue weighted by Crippen LogP contribution is -1.97. The Bertz CT molecular complexity index is 608. The van der Waals surface area contributed by atoms with E-state index in [2.05, 4.69) is 11.7 Å². The maximum absolute atomic E-state index is 9.85. The van der Waals surface area contributed by atoms with Gasteiger partial charge in [-0.05, 0) is 12.5 Å². The molecule has 5 heteroatoms. The fraction of sp³-hybridized carbons (Fsp3) is 0.0909. The Morgan fingerprint density at radius 1 is 1.56 bits per heavy atom. The lowest BCUT2D eigenvalue weighted by molar-refractivity contribution is 0.413. The monoisotopic (exact) mass is 215 g/mol. The maximum Gasteiger partial charge on any atom is 0.219 e. The van der Waals surface area contributed by atoms with Gasteiger partial charge in [0.05, 0.1) is 17.3 Å². The first-order chi connectivity index (χ1) is 7.70. The first kappa shape index (κ1) is 10.1. The Morgan fingerprint density at radius 2 is 2.31 bits per heavy atom. The van der Waals surface area contributed by atoms with Gasteiger partial charge in [0, 0.05) is 0 Å². The zero-order valence-corrected chi connectivity index (χ0v) is 8.38. The van der Waals surface area contributed by atoms with E-state index in [1.165, 1.54) is 16.8 Å². The van der Waals surface area contributed by atoms with Crippen LogP contribution in [0.5, 0.6) is 11.6 Å². The molecule has 0 aliphatic heterocycles. The molecule has 0 aliphatic carbocycles. The van der Waals surface area contributed by atoms with Gasteiger partial charge in [0.25, 0.3) is 0 Å². The van der Waals surface area contributed by atoms with Crippen LogP contribution in [0.25, 0.3) is 5.52 Å². The van der Waals surface area contributed by atoms with Crippen LogP contribution in [0.3, 0.4) is 0 Å². The van der Waals surface area contributed by atoms with E-state index in [4.69, 9.17) is 5.26 Å². The fourth-order valence-corrected chi connectivity index (χ4v) is 1.61. The average molecular weight is 215 g/mol. The Hall–Kier alpha value is -2.48. The SMILES string of the molecule is C=CCc1c(O)c(C#N)c2ccnn2c1O. The van der Waals surface area contributed by atoms with Gasteiger partial charge in [-0.25, -0.2) is 0 Å². The van der Waals surface area contributed by atoms with Gasteiger partial charge in [-0.2, -0.15) is 14.9 Å². The molecule has 0 amide bonds. The number of nitriles is 1. The van der Waals surface area contributed by atoms with Crippen molar-refractivity contribution in [3.63, 3.8) is 0 Å². The molecule has 0 bridgehead atoms. The van der Waals surface area contributed by atoms with Gasteiger partial charge in [0.2, 0.25) is 5.88 Å². The summed E-state index contributed by atoms with van der Waals surface area (Å²) < 4.78 is 1.22. The molecule has 5 nitrogen and oxygen atoms in total. The summed E-state index contributed by atoms with van der Waals surface area (Å²) in [5.41, 5.74) is 0.736. The molecular formula is C11H9N3O2. The average Bonchev–Trinajstić information content (AvgIpc) is 2.74. The zero-order valence-electron chi connectivity index (χ0n) is 8.38. The predicted molar refractivity (Wildman–Crippen MR) is 57.1 cm³/mol. The third kappa shape index (κ3) is 1.21. The van der Waals surface area contributed by atoms with Crippen LogP contribution < -0.4 is 0 Å². The van der Waals surface area contributed by atoms with Crippen LogP contribution in [0.2, 0.25) is 0 Å². The van der Waals surface area contributed by atoms with Crippen molar-refractivity contribution in [2.24, 2.45) is 0 Å². The van der Waals surface area contributed by atoms with Crippen LogP contribution in [-0.4, -0.2) is 19.8 Å². The number of hydrogen-bond donors (Lipinski definition) is 2. The van der Waals surface area contributed by atoms with E-state index >= 15 is 0 Å². The standard InChI is InChI=1S/C11H9N3O2/c1-2-3-7-10(15)8(6-12)9-4-5-13-14(9)11(7)16/h2,4-5,15-16H,1,3H2. The molecule has 0 fully saturated rings. The third-order valence-electron chi connectivity index (χ3n) is 2.35. The molecule has 2 heterocycles. The van der Waals surface area contributed by atoms with E-state index in [9.17, 15) is 10.2 Å². The van der Waals surface area contributed by atoms with Crippen molar-refractivity contribution in [2.45, 2.75) is 6.42 Å². The zero-order chi connectivity index (χ0) is 11.7. The third-order valence-corrected chi connectivity index (χ3v) is 2.35. The molecule has 2 aromatic rings. The minimum atomic E-state index is -0.215. The first-order valence-corrected chi connectivity index (χ1v) is 4.62. The molecule has 0 unspecified atom stereocenters. The molecule has 2 aromatic heterocycles. The Kier molecular flexibility index (Phi) is 2.25. The minimum absolute atomic E-state index is 0.104. The highest BCUT2D eigenvalue weighted by Crippen LogP contribution is 2.33. The summed E-state index contributed by atoms with van der Waals surface area (Å²) in [5.74, 6) is -0.385. The number of nitrogens with zero attached hydrogens (tertiary/aromatic N) is 3. The highest BCUT2D eigenvalue weighted by atomic mass is 16.3. The van der Waals surface area contributed by atoms with Gasteiger partial charge in [0.1, 0.15) is 17.4 Å². The predicted octanol–water partition coefficient (Wildman–Crippen LogP) is 1.35. The first-order valence-electron chi connectivity index (χ1n) is 4.62. The highest BCUT2D eigenvalue weighted by Gasteiger charge is 2.18. The van der Waals surface area contributed by atoms with E-state index in [-0.39, 0.29) is 29.2 Å². The van der Waals surface area contributed by atoms with Gasteiger partial charge in [-0.3, -0.25) is 0 Å². The molecule has 0 atom stereocenters. The van der Waals surface area contributed by atoms with Gasteiger partial charge in [-0.1, -0.05) is 6.08 Å². The summed E-state index contributed by atoms with van der Waals surface area (Å²) in [6.45, 7) is 3.53. The minimum Gasteiger partial charge on any atom is -0.506 e. The summed E-state index contributed by atoms with van der Waals surface area (Å²) in [4.78, 5) is 0. The molecule has 0 saturated heterocycles. The van der Waals surface area contributed by atoms with Crippen molar-refractivity contribution in [3.05, 3.63) is 36.0 Å². The normalized spacial score (nSPS) is 10.2. The lowest BCUT2D eigenvalue weighted by atomic mass is 10.1. The lowest BCUT2D eigenvalue weighted by Gasteiger charge is -2.09. The second-order valence-electron chi connectivity index (χ2n) is 3.26. The largest absolute Gasteiger partial charge is 0.506 e. The number of hydrogen-bond acceptors (Lipinski definition) is 4. The van der Waals surface area contributed by atoms with Crippen LogP contribution in [-0.2, 0) is 6.42 Å². The van der Waals surface area contributed by atoms with Crippen LogP contribution in [0.4, 0.5) is 0 Å². The molecule has 80 valence electrons.